The summed E-state index contributed by atoms with van der Waals surface area (Å²) in [4.78, 5) is 11.1. The first kappa shape index (κ1) is 15.7. The summed E-state index contributed by atoms with van der Waals surface area (Å²) in [5.74, 6) is -0.720. The molecule has 1 aromatic carbocycles. The SMILES string of the molecule is COc1cc(NC=C(C#N)c2nn[nH]n2)c(I)cc1C(=O)O. The van der Waals surface area contributed by atoms with Crippen LogP contribution in [0.4, 0.5) is 5.69 Å². The number of aromatic carboxylic acids is 1. The number of allylic oxidation sites excluding steroid dienone is 1. The van der Waals surface area contributed by atoms with Crippen LogP contribution < -0.4 is 10.1 Å². The number of hydrogen-bond acceptors (Lipinski definition) is 7. The van der Waals surface area contributed by atoms with Crippen molar-refractivity contribution in [2.24, 2.45) is 0 Å². The maximum atomic E-state index is 11.1. The Morgan fingerprint density at radius 3 is 2.91 bits per heavy atom. The number of benzene rings is 1. The second-order valence-corrected chi connectivity index (χ2v) is 5.05. The summed E-state index contributed by atoms with van der Waals surface area (Å²) in [6.45, 7) is 0. The molecule has 0 aliphatic carbocycles. The van der Waals surface area contributed by atoms with E-state index in [0.29, 0.717) is 9.26 Å². The van der Waals surface area contributed by atoms with Crippen molar-refractivity contribution < 1.29 is 14.6 Å². The first-order valence-electron chi connectivity index (χ1n) is 5.78. The van der Waals surface area contributed by atoms with Crippen LogP contribution in [-0.4, -0.2) is 38.8 Å². The summed E-state index contributed by atoms with van der Waals surface area (Å²) in [7, 11) is 1.38. The number of aromatic nitrogens is 4. The first-order chi connectivity index (χ1) is 10.6. The molecule has 1 heterocycles. The van der Waals surface area contributed by atoms with Crippen LogP contribution in [0, 0.1) is 14.9 Å². The number of rotatable bonds is 5. The minimum atomic E-state index is -1.08. The average Bonchev–Trinajstić information content (AvgIpc) is 3.03. The molecule has 9 nitrogen and oxygen atoms in total. The summed E-state index contributed by atoms with van der Waals surface area (Å²) in [5, 5.41) is 34.1. The Bertz CT molecular complexity index is 766. The zero-order chi connectivity index (χ0) is 16.1. The minimum Gasteiger partial charge on any atom is -0.496 e. The van der Waals surface area contributed by atoms with Crippen LogP contribution >= 0.6 is 22.6 Å². The number of anilines is 1. The first-order valence-corrected chi connectivity index (χ1v) is 6.86. The molecule has 0 radical (unpaired) electrons. The number of aromatic amines is 1. The molecular weight excluding hydrogens is 403 g/mol. The fourth-order valence-electron chi connectivity index (χ4n) is 1.57. The van der Waals surface area contributed by atoms with E-state index in [0.717, 1.165) is 0 Å². The molecule has 0 atom stereocenters. The Kier molecular flexibility index (Phi) is 4.89. The Balaban J connectivity index is 2.34. The highest BCUT2D eigenvalue weighted by Gasteiger charge is 2.14. The number of methoxy groups -OCH3 is 1. The van der Waals surface area contributed by atoms with Crippen LogP contribution in [0.5, 0.6) is 5.75 Å². The molecule has 0 unspecified atom stereocenters. The summed E-state index contributed by atoms with van der Waals surface area (Å²) < 4.78 is 5.71. The maximum absolute atomic E-state index is 11.1. The molecule has 10 heteroatoms. The van der Waals surface area contributed by atoms with E-state index in [4.69, 9.17) is 15.1 Å². The number of nitriles is 1. The lowest BCUT2D eigenvalue weighted by molar-refractivity contribution is 0.0693. The standard InChI is InChI=1S/C12H9IN6O3/c1-22-10-3-9(8(13)2-7(10)12(20)21)15-5-6(4-14)11-16-18-19-17-11/h2-3,5,15H,1H3,(H,20,21)(H,16,17,18,19). The van der Waals surface area contributed by atoms with E-state index in [-0.39, 0.29) is 22.7 Å². The second kappa shape index (κ2) is 6.85. The van der Waals surface area contributed by atoms with Gasteiger partial charge < -0.3 is 15.2 Å². The van der Waals surface area contributed by atoms with E-state index >= 15 is 0 Å². The summed E-state index contributed by atoms with van der Waals surface area (Å²) in [5.41, 5.74) is 0.810. The molecule has 22 heavy (non-hydrogen) atoms. The van der Waals surface area contributed by atoms with E-state index in [2.05, 4.69) is 25.9 Å². The minimum absolute atomic E-state index is 0.0557. The van der Waals surface area contributed by atoms with Gasteiger partial charge in [0.1, 0.15) is 23.0 Å². The van der Waals surface area contributed by atoms with Gasteiger partial charge in [-0.05, 0) is 33.9 Å². The molecule has 0 amide bonds. The van der Waals surface area contributed by atoms with Crippen molar-refractivity contribution in [3.05, 3.63) is 33.3 Å². The number of carboxylic acid groups (broad SMARTS) is 1. The maximum Gasteiger partial charge on any atom is 0.339 e. The van der Waals surface area contributed by atoms with Crippen molar-refractivity contribution in [3.63, 3.8) is 0 Å². The number of nitrogens with one attached hydrogen (secondary N) is 2. The number of H-pyrrole nitrogens is 1. The molecule has 3 N–H and O–H groups in total. The smallest absolute Gasteiger partial charge is 0.339 e. The number of carboxylic acids is 1. The van der Waals surface area contributed by atoms with Gasteiger partial charge in [-0.25, -0.2) is 4.79 Å². The highest BCUT2D eigenvalue weighted by atomic mass is 127. The van der Waals surface area contributed by atoms with Gasteiger partial charge in [-0.2, -0.15) is 10.5 Å². The van der Waals surface area contributed by atoms with Gasteiger partial charge in [-0.3, -0.25) is 0 Å². The molecule has 0 aliphatic rings. The van der Waals surface area contributed by atoms with E-state index in [1.54, 1.807) is 0 Å². The zero-order valence-electron chi connectivity index (χ0n) is 11.2. The highest BCUT2D eigenvalue weighted by molar-refractivity contribution is 14.1. The Morgan fingerprint density at radius 1 is 1.59 bits per heavy atom. The normalized spacial score (nSPS) is 10.9. The number of ether oxygens (including phenoxy) is 1. The summed E-state index contributed by atoms with van der Waals surface area (Å²) in [6, 6.07) is 4.94. The van der Waals surface area contributed by atoms with Crippen molar-refractivity contribution >= 4 is 39.8 Å². The van der Waals surface area contributed by atoms with Gasteiger partial charge in [0.15, 0.2) is 0 Å². The summed E-state index contributed by atoms with van der Waals surface area (Å²) in [6.07, 6.45) is 1.40. The van der Waals surface area contributed by atoms with Crippen LogP contribution in [0.25, 0.3) is 5.57 Å². The molecule has 0 bridgehead atoms. The average molecular weight is 412 g/mol. The zero-order valence-corrected chi connectivity index (χ0v) is 13.3. The Hall–Kier alpha value is -2.68. The van der Waals surface area contributed by atoms with E-state index in [1.165, 1.54) is 25.4 Å². The van der Waals surface area contributed by atoms with Crippen LogP contribution in [0.15, 0.2) is 18.3 Å². The molecule has 0 fully saturated rings. The number of tetrazole rings is 1. The van der Waals surface area contributed by atoms with Gasteiger partial charge >= 0.3 is 5.97 Å². The number of nitrogens with zero attached hydrogens (tertiary/aromatic N) is 4. The Labute approximate surface area is 138 Å². The van der Waals surface area contributed by atoms with Gasteiger partial charge in [-0.1, -0.05) is 0 Å². The largest absolute Gasteiger partial charge is 0.496 e. The highest BCUT2D eigenvalue weighted by Crippen LogP contribution is 2.29. The number of carbonyl (C=O) groups is 1. The molecule has 0 saturated carbocycles. The predicted octanol–water partition coefficient (Wildman–Crippen LogP) is 1.49. The van der Waals surface area contributed by atoms with Crippen molar-refractivity contribution in [2.75, 3.05) is 12.4 Å². The van der Waals surface area contributed by atoms with Crippen molar-refractivity contribution in [2.45, 2.75) is 0 Å². The van der Waals surface area contributed by atoms with E-state index < -0.39 is 5.97 Å². The van der Waals surface area contributed by atoms with Gasteiger partial charge in [0.2, 0.25) is 5.82 Å². The predicted molar refractivity (Wildman–Crippen MR) is 84.1 cm³/mol. The van der Waals surface area contributed by atoms with Crippen molar-refractivity contribution in [1.29, 1.82) is 5.26 Å². The molecule has 0 aliphatic heterocycles. The quantitative estimate of drug-likeness (QED) is 0.496. The molecule has 1 aromatic heterocycles. The molecule has 2 rings (SSSR count). The van der Waals surface area contributed by atoms with E-state index in [1.807, 2.05) is 28.7 Å². The summed E-state index contributed by atoms with van der Waals surface area (Å²) >= 11 is 1.98. The van der Waals surface area contributed by atoms with Crippen molar-refractivity contribution in [3.8, 4) is 11.8 Å². The molecule has 112 valence electrons. The monoisotopic (exact) mass is 412 g/mol. The van der Waals surface area contributed by atoms with Crippen LogP contribution in [0.3, 0.4) is 0 Å². The molecule has 0 saturated heterocycles. The lowest BCUT2D eigenvalue weighted by Gasteiger charge is -2.10. The molecule has 2 aromatic rings. The van der Waals surface area contributed by atoms with Crippen LogP contribution in [0.1, 0.15) is 16.2 Å². The van der Waals surface area contributed by atoms with Gasteiger partial charge in [0.25, 0.3) is 0 Å². The van der Waals surface area contributed by atoms with Crippen LogP contribution in [-0.2, 0) is 0 Å². The third-order valence-electron chi connectivity index (χ3n) is 2.60. The molecular formula is C12H9IN6O3. The Morgan fingerprint density at radius 2 is 2.36 bits per heavy atom. The third kappa shape index (κ3) is 3.31. The topological polar surface area (TPSA) is 137 Å². The van der Waals surface area contributed by atoms with Gasteiger partial charge in [-0.15, -0.1) is 10.2 Å². The van der Waals surface area contributed by atoms with Crippen LogP contribution in [0.2, 0.25) is 0 Å². The van der Waals surface area contributed by atoms with Gasteiger partial charge in [0.05, 0.1) is 12.8 Å². The lowest BCUT2D eigenvalue weighted by Crippen LogP contribution is -2.03. The number of halogens is 1. The molecule has 0 spiro atoms. The van der Waals surface area contributed by atoms with E-state index in [9.17, 15) is 4.79 Å². The van der Waals surface area contributed by atoms with Gasteiger partial charge in [0, 0.05) is 15.8 Å². The number of hydrogen-bond donors (Lipinski definition) is 3. The third-order valence-corrected chi connectivity index (χ3v) is 3.49. The second-order valence-electron chi connectivity index (χ2n) is 3.89. The fraction of sp³-hybridized carbons (Fsp3) is 0.0833. The lowest BCUT2D eigenvalue weighted by atomic mass is 10.2. The van der Waals surface area contributed by atoms with Crippen molar-refractivity contribution in [1.82, 2.24) is 20.6 Å². The fourth-order valence-corrected chi connectivity index (χ4v) is 2.20.